The Kier molecular flexibility index (Phi) is 5.43. The van der Waals surface area contributed by atoms with Crippen LogP contribution in [0.15, 0.2) is 0 Å². The highest BCUT2D eigenvalue weighted by molar-refractivity contribution is 8.23. The lowest BCUT2D eigenvalue weighted by Gasteiger charge is -2.16. The van der Waals surface area contributed by atoms with Crippen molar-refractivity contribution >= 4 is 34.1 Å². The topological polar surface area (TPSA) is 26.3 Å². The molecule has 0 aromatic heterocycles. The molecule has 0 spiro atoms. The highest BCUT2D eigenvalue weighted by atomic mass is 32.2. The predicted octanol–water partition coefficient (Wildman–Crippen LogP) is 2.56. The summed E-state index contributed by atoms with van der Waals surface area (Å²) in [6.45, 7) is 2.66. The number of hydrogen-bond donors (Lipinski definition) is 0. The van der Waals surface area contributed by atoms with E-state index in [4.69, 9.17) is 0 Å². The van der Waals surface area contributed by atoms with E-state index < -0.39 is 17.2 Å². The van der Waals surface area contributed by atoms with Crippen molar-refractivity contribution in [2.24, 2.45) is 0 Å². The second kappa shape index (κ2) is 5.55. The van der Waals surface area contributed by atoms with E-state index in [9.17, 15) is 18.0 Å². The number of thioether (sulfide) groups is 1. The molecule has 14 heavy (non-hydrogen) atoms. The molecule has 0 aromatic carbocycles. The largest absolute Gasteiger partial charge is 0.479 e. The van der Waals surface area contributed by atoms with Gasteiger partial charge in [0, 0.05) is 0 Å². The van der Waals surface area contributed by atoms with Crippen molar-refractivity contribution in [3.05, 3.63) is 0 Å². The third-order valence-corrected chi connectivity index (χ3v) is 2.69. The number of alkyl halides is 3. The molecule has 0 aliphatic heterocycles. The quantitative estimate of drug-likeness (QED) is 0.715. The first-order valence-electron chi connectivity index (χ1n) is 3.69. The highest BCUT2D eigenvalue weighted by Crippen LogP contribution is 2.32. The maximum absolute atomic E-state index is 12.2. The number of ether oxygens (including phenoxy) is 1. The second-order valence-corrected chi connectivity index (χ2v) is 4.04. The Bertz CT molecular complexity index is 227. The van der Waals surface area contributed by atoms with Crippen LogP contribution >= 0.6 is 24.0 Å². The van der Waals surface area contributed by atoms with Crippen molar-refractivity contribution < 1.29 is 22.7 Å². The fourth-order valence-corrected chi connectivity index (χ4v) is 1.71. The second-order valence-electron chi connectivity index (χ2n) is 2.33. The summed E-state index contributed by atoms with van der Waals surface area (Å²) in [5, 5.41) is -2.12. The van der Waals surface area contributed by atoms with Crippen molar-refractivity contribution in [2.45, 2.75) is 25.3 Å². The maximum Gasteiger partial charge on any atom is 0.407 e. The normalized spacial score (nSPS) is 13.5. The van der Waals surface area contributed by atoms with Crippen LogP contribution in [0.2, 0.25) is 0 Å². The number of carbonyl (C=O) groups excluding carboxylic acids is 1. The highest BCUT2D eigenvalue weighted by Gasteiger charge is 2.44. The number of ketones is 1. The molecule has 0 bridgehead atoms. The van der Waals surface area contributed by atoms with Crippen molar-refractivity contribution in [1.29, 1.82) is 0 Å². The molecule has 0 saturated heterocycles. The third-order valence-electron chi connectivity index (χ3n) is 1.14. The fourth-order valence-electron chi connectivity index (χ4n) is 0.628. The van der Waals surface area contributed by atoms with Gasteiger partial charge in [0.25, 0.3) is 0 Å². The van der Waals surface area contributed by atoms with E-state index in [0.717, 1.165) is 6.92 Å². The Labute approximate surface area is 89.2 Å². The first-order valence-corrected chi connectivity index (χ1v) is 4.98. The summed E-state index contributed by atoms with van der Waals surface area (Å²) < 4.78 is 41.0. The SMILES string of the molecule is CCOC(=S)SC(C(C)=O)C(F)(F)F. The summed E-state index contributed by atoms with van der Waals surface area (Å²) >= 11 is 4.73. The van der Waals surface area contributed by atoms with Crippen LogP contribution in [0.1, 0.15) is 13.8 Å². The molecule has 7 heteroatoms. The van der Waals surface area contributed by atoms with Crippen LogP contribution < -0.4 is 0 Å². The molecule has 0 amide bonds. The van der Waals surface area contributed by atoms with Gasteiger partial charge in [0.2, 0.25) is 4.38 Å². The van der Waals surface area contributed by atoms with E-state index in [0.29, 0.717) is 0 Å². The summed E-state index contributed by atoms with van der Waals surface area (Å²) in [6.07, 6.45) is -4.59. The van der Waals surface area contributed by atoms with Gasteiger partial charge in [-0.1, -0.05) is 11.8 Å². The lowest BCUT2D eigenvalue weighted by Crippen LogP contribution is -2.33. The molecule has 0 aliphatic carbocycles. The Balaban J connectivity index is 4.40. The molecule has 0 N–H and O–H groups in total. The van der Waals surface area contributed by atoms with Crippen LogP contribution in [-0.2, 0) is 9.53 Å². The van der Waals surface area contributed by atoms with E-state index in [-0.39, 0.29) is 22.8 Å². The minimum absolute atomic E-state index is 0.189. The molecular formula is C7H9F3O2S2. The van der Waals surface area contributed by atoms with Gasteiger partial charge in [0.1, 0.15) is 0 Å². The van der Waals surface area contributed by atoms with Gasteiger partial charge in [-0.2, -0.15) is 13.2 Å². The average Bonchev–Trinajstić information content (AvgIpc) is 1.98. The Morgan fingerprint density at radius 2 is 2.07 bits per heavy atom. The van der Waals surface area contributed by atoms with Gasteiger partial charge < -0.3 is 4.74 Å². The monoisotopic (exact) mass is 246 g/mol. The van der Waals surface area contributed by atoms with Crippen molar-refractivity contribution in [3.8, 4) is 0 Å². The average molecular weight is 246 g/mol. The molecule has 1 unspecified atom stereocenters. The van der Waals surface area contributed by atoms with E-state index in [1.165, 1.54) is 0 Å². The fraction of sp³-hybridized carbons (Fsp3) is 0.714. The first-order chi connectivity index (χ1) is 6.29. The minimum atomic E-state index is -4.59. The van der Waals surface area contributed by atoms with E-state index in [1.807, 2.05) is 0 Å². The molecule has 0 aliphatic rings. The first kappa shape index (κ1) is 13.7. The van der Waals surface area contributed by atoms with Gasteiger partial charge in [-0.15, -0.1) is 0 Å². The lowest BCUT2D eigenvalue weighted by atomic mass is 10.3. The molecule has 0 fully saturated rings. The Morgan fingerprint density at radius 1 is 1.57 bits per heavy atom. The van der Waals surface area contributed by atoms with Crippen molar-refractivity contribution in [2.75, 3.05) is 6.61 Å². The lowest BCUT2D eigenvalue weighted by molar-refractivity contribution is -0.146. The standard InChI is InChI=1S/C7H9F3O2S2/c1-3-12-6(13)14-5(4(2)11)7(8,9)10/h5H,3H2,1-2H3. The molecular weight excluding hydrogens is 237 g/mol. The van der Waals surface area contributed by atoms with Gasteiger partial charge >= 0.3 is 6.18 Å². The summed E-state index contributed by atoms with van der Waals surface area (Å²) in [5.74, 6) is -0.982. The predicted molar refractivity (Wildman–Crippen MR) is 52.3 cm³/mol. The molecule has 0 aromatic rings. The molecule has 0 saturated carbocycles. The van der Waals surface area contributed by atoms with Crippen LogP contribution in [0.3, 0.4) is 0 Å². The smallest absolute Gasteiger partial charge is 0.407 e. The van der Waals surface area contributed by atoms with E-state index >= 15 is 0 Å². The van der Waals surface area contributed by atoms with Crippen molar-refractivity contribution in [1.82, 2.24) is 0 Å². The number of hydrogen-bond acceptors (Lipinski definition) is 4. The molecule has 2 nitrogen and oxygen atoms in total. The van der Waals surface area contributed by atoms with Crippen LogP contribution in [0.5, 0.6) is 0 Å². The zero-order valence-electron chi connectivity index (χ0n) is 7.55. The summed E-state index contributed by atoms with van der Waals surface area (Å²) in [5.41, 5.74) is 0. The van der Waals surface area contributed by atoms with E-state index in [2.05, 4.69) is 17.0 Å². The Morgan fingerprint density at radius 3 is 2.36 bits per heavy atom. The number of carbonyl (C=O) groups is 1. The molecule has 1 atom stereocenters. The van der Waals surface area contributed by atoms with Gasteiger partial charge in [0.05, 0.1) is 6.61 Å². The molecule has 0 radical (unpaired) electrons. The number of rotatable bonds is 3. The molecule has 0 heterocycles. The summed E-state index contributed by atoms with van der Waals surface area (Å²) in [4.78, 5) is 10.7. The zero-order chi connectivity index (χ0) is 11.4. The third kappa shape index (κ3) is 4.80. The van der Waals surface area contributed by atoms with Crippen LogP contribution in [-0.4, -0.2) is 28.2 Å². The van der Waals surface area contributed by atoms with Gasteiger partial charge in [-0.25, -0.2) is 0 Å². The molecule has 82 valence electrons. The van der Waals surface area contributed by atoms with Gasteiger partial charge in [-0.3, -0.25) is 4.79 Å². The van der Waals surface area contributed by atoms with Gasteiger partial charge in [-0.05, 0) is 26.1 Å². The van der Waals surface area contributed by atoms with Gasteiger partial charge in [0.15, 0.2) is 11.0 Å². The number of halogens is 3. The summed E-state index contributed by atoms with van der Waals surface area (Å²) in [7, 11) is 0. The number of thiocarbonyl (C=S) groups is 1. The number of Topliss-reactive ketones (excluding diaryl/α,β-unsaturated/α-hetero) is 1. The minimum Gasteiger partial charge on any atom is -0.479 e. The van der Waals surface area contributed by atoms with E-state index in [1.54, 1.807) is 6.92 Å². The summed E-state index contributed by atoms with van der Waals surface area (Å²) in [6, 6.07) is 0. The van der Waals surface area contributed by atoms with Crippen molar-refractivity contribution in [3.63, 3.8) is 0 Å². The van der Waals surface area contributed by atoms with Crippen LogP contribution in [0.25, 0.3) is 0 Å². The zero-order valence-corrected chi connectivity index (χ0v) is 9.18. The molecule has 0 rings (SSSR count). The Hall–Kier alpha value is -0.300. The maximum atomic E-state index is 12.2. The van der Waals surface area contributed by atoms with Crippen LogP contribution in [0.4, 0.5) is 13.2 Å². The van der Waals surface area contributed by atoms with Crippen LogP contribution in [0, 0.1) is 0 Å².